The third kappa shape index (κ3) is 5.65. The van der Waals surface area contributed by atoms with Crippen molar-refractivity contribution in [3.05, 3.63) is 82.8 Å². The van der Waals surface area contributed by atoms with Gasteiger partial charge in [0, 0.05) is 48.7 Å². The summed E-state index contributed by atoms with van der Waals surface area (Å²) in [7, 11) is 3.57. The van der Waals surface area contributed by atoms with Crippen molar-refractivity contribution in [1.29, 1.82) is 0 Å². The van der Waals surface area contributed by atoms with Crippen molar-refractivity contribution in [3.8, 4) is 11.3 Å². The number of aryl methyl sites for hydroxylation is 1. The van der Waals surface area contributed by atoms with Gasteiger partial charge in [-0.25, -0.2) is 0 Å². The summed E-state index contributed by atoms with van der Waals surface area (Å²) >= 11 is 0. The van der Waals surface area contributed by atoms with Gasteiger partial charge in [0.15, 0.2) is 0 Å². The Morgan fingerprint density at radius 3 is 2.39 bits per heavy atom. The van der Waals surface area contributed by atoms with E-state index in [0.29, 0.717) is 17.6 Å². The number of nitrogen functional groups attached to an aromatic ring is 1. The van der Waals surface area contributed by atoms with Gasteiger partial charge < -0.3 is 10.6 Å². The number of anilines is 1. The van der Waals surface area contributed by atoms with Gasteiger partial charge in [0.05, 0.1) is 17.6 Å². The van der Waals surface area contributed by atoms with Gasteiger partial charge >= 0.3 is 0 Å². The van der Waals surface area contributed by atoms with E-state index in [1.54, 1.807) is 25.2 Å². The fourth-order valence-electron chi connectivity index (χ4n) is 4.96. The number of likely N-dealkylation sites (tertiary alicyclic amines) is 1. The van der Waals surface area contributed by atoms with Crippen LogP contribution in [0.1, 0.15) is 59.8 Å². The fraction of sp³-hybridized carbons (Fsp3) is 0.367. The Morgan fingerprint density at radius 2 is 1.78 bits per heavy atom. The second kappa shape index (κ2) is 11.0. The van der Waals surface area contributed by atoms with Gasteiger partial charge in [0.25, 0.3) is 5.91 Å². The number of amides is 1. The Hall–Kier alpha value is -3.51. The monoisotopic (exact) mass is 483 g/mol. The zero-order chi connectivity index (χ0) is 25.8. The molecule has 1 unspecified atom stereocenters. The number of aromatic nitrogens is 2. The number of carbonyl (C=O) groups is 1. The largest absolute Gasteiger partial charge is 0.397 e. The molecule has 1 saturated heterocycles. The van der Waals surface area contributed by atoms with E-state index in [1.165, 1.54) is 11.1 Å². The lowest BCUT2D eigenvalue weighted by Gasteiger charge is -2.37. The van der Waals surface area contributed by atoms with Crippen LogP contribution >= 0.6 is 0 Å². The van der Waals surface area contributed by atoms with E-state index in [9.17, 15) is 4.79 Å². The lowest BCUT2D eigenvalue weighted by atomic mass is 9.88. The topological polar surface area (TPSA) is 75.3 Å². The molecule has 1 aliphatic rings. The van der Waals surface area contributed by atoms with E-state index in [0.717, 1.165) is 54.0 Å². The summed E-state index contributed by atoms with van der Waals surface area (Å²) in [5, 5.41) is 0. The zero-order valence-corrected chi connectivity index (χ0v) is 22.0. The second-order valence-corrected chi connectivity index (χ2v) is 10.0. The SMILES string of the molecule is C/C(=C\c1c(-c2ccc(N)cn2)ccnc1C)C(C)N1CCC(c2ccc(C(=O)N(C)C)cc2)CC1. The van der Waals surface area contributed by atoms with Crippen LogP contribution in [-0.2, 0) is 0 Å². The molecule has 1 amide bonds. The van der Waals surface area contributed by atoms with E-state index < -0.39 is 0 Å². The quantitative estimate of drug-likeness (QED) is 0.508. The predicted molar refractivity (Wildman–Crippen MR) is 148 cm³/mol. The summed E-state index contributed by atoms with van der Waals surface area (Å²) in [5.41, 5.74) is 14.0. The van der Waals surface area contributed by atoms with Crippen molar-refractivity contribution < 1.29 is 4.79 Å². The highest BCUT2D eigenvalue weighted by Crippen LogP contribution is 2.31. The van der Waals surface area contributed by atoms with Gasteiger partial charge in [0.2, 0.25) is 0 Å². The normalized spacial score (nSPS) is 16.1. The molecule has 2 N–H and O–H groups in total. The fourth-order valence-corrected chi connectivity index (χ4v) is 4.96. The first-order chi connectivity index (χ1) is 17.2. The number of benzene rings is 1. The molecule has 6 heteroatoms. The summed E-state index contributed by atoms with van der Waals surface area (Å²) in [5.74, 6) is 0.580. The first-order valence-corrected chi connectivity index (χ1v) is 12.7. The van der Waals surface area contributed by atoms with E-state index >= 15 is 0 Å². The molecule has 0 spiro atoms. The van der Waals surface area contributed by atoms with Gasteiger partial charge in [-0.05, 0) is 88.5 Å². The van der Waals surface area contributed by atoms with Crippen molar-refractivity contribution in [2.24, 2.45) is 0 Å². The number of piperidine rings is 1. The molecule has 1 fully saturated rings. The smallest absolute Gasteiger partial charge is 0.253 e. The standard InChI is InChI=1S/C30H37N5O/c1-20(18-28-21(2)32-15-12-27(28)29-11-10-26(31)19-33-29)22(3)35-16-13-24(14-17-35)23-6-8-25(9-7-23)30(36)34(4)5/h6-12,15,18-19,22,24H,13-14,16-17,31H2,1-5H3/b20-18+. The molecular weight excluding hydrogens is 446 g/mol. The van der Waals surface area contributed by atoms with Crippen LogP contribution in [0.2, 0.25) is 0 Å². The van der Waals surface area contributed by atoms with Crippen molar-refractivity contribution in [1.82, 2.24) is 19.8 Å². The number of hydrogen-bond donors (Lipinski definition) is 1. The Morgan fingerprint density at radius 1 is 1.08 bits per heavy atom. The Labute approximate surface area is 214 Å². The van der Waals surface area contributed by atoms with Crippen LogP contribution in [-0.4, -0.2) is 58.9 Å². The minimum Gasteiger partial charge on any atom is -0.397 e. The van der Waals surface area contributed by atoms with Gasteiger partial charge in [-0.2, -0.15) is 0 Å². The van der Waals surface area contributed by atoms with E-state index in [-0.39, 0.29) is 5.91 Å². The molecule has 1 aliphatic heterocycles. The number of pyridine rings is 2. The van der Waals surface area contributed by atoms with Crippen LogP contribution in [0.3, 0.4) is 0 Å². The van der Waals surface area contributed by atoms with Crippen LogP contribution in [0.25, 0.3) is 17.3 Å². The summed E-state index contributed by atoms with van der Waals surface area (Å²) in [6.45, 7) is 8.65. The highest BCUT2D eigenvalue weighted by atomic mass is 16.2. The molecule has 0 bridgehead atoms. The van der Waals surface area contributed by atoms with Crippen molar-refractivity contribution in [2.45, 2.75) is 45.6 Å². The summed E-state index contributed by atoms with van der Waals surface area (Å²) < 4.78 is 0. The van der Waals surface area contributed by atoms with Crippen LogP contribution in [0.4, 0.5) is 5.69 Å². The zero-order valence-electron chi connectivity index (χ0n) is 22.0. The molecule has 2 aromatic heterocycles. The molecule has 0 radical (unpaired) electrons. The van der Waals surface area contributed by atoms with E-state index in [4.69, 9.17) is 5.73 Å². The van der Waals surface area contributed by atoms with Gasteiger partial charge in [-0.15, -0.1) is 0 Å². The average Bonchev–Trinajstić information content (AvgIpc) is 2.89. The highest BCUT2D eigenvalue weighted by molar-refractivity contribution is 5.93. The van der Waals surface area contributed by atoms with Crippen molar-refractivity contribution >= 4 is 17.7 Å². The van der Waals surface area contributed by atoms with Gasteiger partial charge in [-0.3, -0.25) is 19.7 Å². The number of nitrogens with zero attached hydrogens (tertiary/aromatic N) is 4. The van der Waals surface area contributed by atoms with Gasteiger partial charge in [-0.1, -0.05) is 23.8 Å². The third-order valence-corrected chi connectivity index (χ3v) is 7.40. The lowest BCUT2D eigenvalue weighted by molar-refractivity contribution is 0.0827. The molecule has 1 atom stereocenters. The molecule has 36 heavy (non-hydrogen) atoms. The summed E-state index contributed by atoms with van der Waals surface area (Å²) in [6, 6.07) is 14.4. The van der Waals surface area contributed by atoms with E-state index in [2.05, 4.69) is 46.9 Å². The maximum absolute atomic E-state index is 12.2. The molecule has 1 aromatic carbocycles. The molecule has 4 rings (SSSR count). The third-order valence-electron chi connectivity index (χ3n) is 7.40. The van der Waals surface area contributed by atoms with Crippen LogP contribution in [0.15, 0.2) is 60.4 Å². The number of rotatable bonds is 6. The molecule has 188 valence electrons. The van der Waals surface area contributed by atoms with Crippen LogP contribution in [0, 0.1) is 6.92 Å². The minimum absolute atomic E-state index is 0.0478. The molecule has 3 aromatic rings. The first-order valence-electron chi connectivity index (χ1n) is 12.7. The molecule has 0 saturated carbocycles. The van der Waals surface area contributed by atoms with Crippen molar-refractivity contribution in [2.75, 3.05) is 32.9 Å². The number of hydrogen-bond acceptors (Lipinski definition) is 5. The number of nitrogens with two attached hydrogens (primary N) is 1. The maximum Gasteiger partial charge on any atom is 0.253 e. The molecule has 3 heterocycles. The molecule has 0 aliphatic carbocycles. The lowest BCUT2D eigenvalue weighted by Crippen LogP contribution is -2.40. The summed E-state index contributed by atoms with van der Waals surface area (Å²) in [4.78, 5) is 25.5. The predicted octanol–water partition coefficient (Wildman–Crippen LogP) is 5.41. The van der Waals surface area contributed by atoms with Gasteiger partial charge in [0.1, 0.15) is 0 Å². The minimum atomic E-state index is 0.0478. The average molecular weight is 484 g/mol. The Bertz CT molecular complexity index is 1220. The Kier molecular flexibility index (Phi) is 7.85. The molecular formula is C30H37N5O. The maximum atomic E-state index is 12.2. The van der Waals surface area contributed by atoms with Crippen LogP contribution < -0.4 is 5.73 Å². The highest BCUT2D eigenvalue weighted by Gasteiger charge is 2.25. The van der Waals surface area contributed by atoms with E-state index in [1.807, 2.05) is 43.5 Å². The second-order valence-electron chi connectivity index (χ2n) is 10.0. The Balaban J connectivity index is 1.45. The first kappa shape index (κ1) is 25.6. The number of carbonyl (C=O) groups excluding carboxylic acids is 1. The summed E-state index contributed by atoms with van der Waals surface area (Å²) in [6.07, 6.45) is 8.04. The van der Waals surface area contributed by atoms with Crippen molar-refractivity contribution in [3.63, 3.8) is 0 Å². The van der Waals surface area contributed by atoms with Crippen LogP contribution in [0.5, 0.6) is 0 Å². The molecule has 6 nitrogen and oxygen atoms in total.